The van der Waals surface area contributed by atoms with Crippen molar-refractivity contribution in [1.29, 1.82) is 0 Å². The molecule has 0 spiro atoms. The Morgan fingerprint density at radius 1 is 0.533 bits per heavy atom. The third-order valence-corrected chi connectivity index (χ3v) is 10.4. The van der Waals surface area contributed by atoms with Crippen LogP contribution in [0.1, 0.15) is 120 Å². The molecule has 1 aliphatic rings. The number of phenolic OH excluding ortho intramolecular Hbond substituents is 2. The third-order valence-electron chi connectivity index (χ3n) is 10.4. The lowest BCUT2D eigenvalue weighted by molar-refractivity contribution is -0.270. The molecule has 1 amide bonds. The van der Waals surface area contributed by atoms with Gasteiger partial charge in [0.05, 0.1) is 0 Å². The van der Waals surface area contributed by atoms with Crippen molar-refractivity contribution < 1.29 is 24.9 Å². The van der Waals surface area contributed by atoms with E-state index < -0.39 is 5.91 Å². The van der Waals surface area contributed by atoms with Gasteiger partial charge in [0.15, 0.2) is 6.61 Å². The second kappa shape index (κ2) is 23.0. The first-order chi connectivity index (χ1) is 28.1. The van der Waals surface area contributed by atoms with Crippen molar-refractivity contribution in [3.05, 3.63) is 187 Å². The molecule has 0 saturated heterocycles. The van der Waals surface area contributed by atoms with Crippen LogP contribution in [0.5, 0.6) is 23.0 Å². The van der Waals surface area contributed by atoms with Crippen molar-refractivity contribution in [1.82, 2.24) is 0 Å². The number of hydrogen-bond acceptors (Lipinski definition) is 5. The molecule has 0 fully saturated rings. The van der Waals surface area contributed by atoms with Gasteiger partial charge in [-0.1, -0.05) is 174 Å². The van der Waals surface area contributed by atoms with Crippen molar-refractivity contribution in [3.8, 4) is 23.0 Å². The summed E-state index contributed by atoms with van der Waals surface area (Å²) in [5, 5.41) is 38.1. The van der Waals surface area contributed by atoms with Gasteiger partial charge in [-0.2, -0.15) is 0 Å². The van der Waals surface area contributed by atoms with Crippen LogP contribution in [0, 0.1) is 13.8 Å². The number of nitrogens with two attached hydrogens (primary N) is 1. The number of carbonyl (C=O) groups excluding carboxylic acids is 1. The van der Waals surface area contributed by atoms with E-state index in [1.165, 1.54) is 11.1 Å². The van der Waals surface area contributed by atoms with Crippen LogP contribution in [-0.2, 0) is 56.2 Å². The van der Waals surface area contributed by atoms with Crippen molar-refractivity contribution in [2.75, 3.05) is 6.61 Å². The van der Waals surface area contributed by atoms with Gasteiger partial charge < -0.3 is 25.8 Å². The van der Waals surface area contributed by atoms with Crippen molar-refractivity contribution in [3.63, 3.8) is 0 Å². The minimum Gasteiger partial charge on any atom is -0.872 e. The van der Waals surface area contributed by atoms with Gasteiger partial charge in [-0.25, -0.2) is 0 Å². The average molecular weight is 809 g/mol. The summed E-state index contributed by atoms with van der Waals surface area (Å²) in [6.07, 6.45) is 4.29. The number of aromatic hydroxyl groups is 2. The second-order valence-corrected chi connectivity index (χ2v) is 14.8. The van der Waals surface area contributed by atoms with E-state index in [0.717, 1.165) is 59.1 Å². The van der Waals surface area contributed by atoms with Gasteiger partial charge in [0.25, 0.3) is 5.91 Å². The Bertz CT molecular complexity index is 2210. The Balaban J connectivity index is 0.00000156. The number of primary amides is 1. The van der Waals surface area contributed by atoms with Crippen molar-refractivity contribution in [2.24, 2.45) is 5.73 Å². The van der Waals surface area contributed by atoms with E-state index in [9.17, 15) is 20.1 Å². The van der Waals surface area contributed by atoms with E-state index in [4.69, 9.17) is 10.5 Å². The van der Waals surface area contributed by atoms with Gasteiger partial charge in [0.2, 0.25) is 0 Å². The highest BCUT2D eigenvalue weighted by molar-refractivity contribution is 5.75. The third kappa shape index (κ3) is 12.3. The second-order valence-electron chi connectivity index (χ2n) is 14.8. The number of rotatable bonds is 9. The molecule has 0 aromatic heterocycles. The van der Waals surface area contributed by atoms with Crippen molar-refractivity contribution in [2.45, 2.75) is 108 Å². The molecule has 0 radical (unpaired) electrons. The molecule has 7 rings (SSSR count). The molecular formula is C54H66NO5-. The zero-order valence-electron chi connectivity index (χ0n) is 35.0. The number of phenols is 2. The Morgan fingerprint density at radius 3 is 1.20 bits per heavy atom. The fourth-order valence-corrected chi connectivity index (χ4v) is 7.89. The standard InChI is InChI=1S/C48H47NO5.2C2H6.2CH4/c1-30-17-36-25-40-21-34(15-13-32-9-5-3-6-10-32)22-41(47(40)53)26-37-18-31(2)20-39(46(37)52)28-43-24-35(16-14-33-11-7-4-8-12-33)23-42(27-38(19-30)45(36)51)48(43)54-29-44(49)50;2*1-2;;/h3-12,17-24,51-53H,13-16,25-29H2,1-2H3,(H2,49,50);2*1-2H3;2*1H4/p-1. The maximum atomic E-state index is 14.3. The van der Waals surface area contributed by atoms with E-state index in [1.54, 1.807) is 0 Å². The van der Waals surface area contributed by atoms with Gasteiger partial charge in [0, 0.05) is 25.7 Å². The molecule has 6 heteroatoms. The minimum absolute atomic E-state index is 0. The van der Waals surface area contributed by atoms with E-state index in [-0.39, 0.29) is 51.6 Å². The van der Waals surface area contributed by atoms with Crippen LogP contribution in [0.15, 0.2) is 109 Å². The summed E-state index contributed by atoms with van der Waals surface area (Å²) in [5.74, 6) is 0.120. The molecule has 8 bridgehead atoms. The van der Waals surface area contributed by atoms with Crippen LogP contribution in [-0.4, -0.2) is 22.7 Å². The fourth-order valence-electron chi connectivity index (χ4n) is 7.89. The van der Waals surface area contributed by atoms with Crippen LogP contribution in [0.4, 0.5) is 0 Å². The quantitative estimate of drug-likeness (QED) is 0.134. The summed E-state index contributed by atoms with van der Waals surface area (Å²) in [6.45, 7) is 11.7. The lowest BCUT2D eigenvalue weighted by Crippen LogP contribution is -2.21. The lowest BCUT2D eigenvalue weighted by Gasteiger charge is -2.24. The predicted octanol–water partition coefficient (Wildman–Crippen LogP) is 11.2. The van der Waals surface area contributed by atoms with E-state index in [2.05, 4.69) is 36.4 Å². The fraction of sp³-hybridized carbons (Fsp3) is 0.315. The molecule has 0 atom stereocenters. The van der Waals surface area contributed by atoms with Crippen LogP contribution < -0.4 is 15.6 Å². The highest BCUT2D eigenvalue weighted by Gasteiger charge is 2.21. The van der Waals surface area contributed by atoms with Crippen LogP contribution >= 0.6 is 0 Å². The Kier molecular flexibility index (Phi) is 18.5. The first kappa shape index (κ1) is 48.4. The molecule has 1 aliphatic carbocycles. The van der Waals surface area contributed by atoms with Gasteiger partial charge in [0.1, 0.15) is 17.2 Å². The topological polar surface area (TPSA) is 116 Å². The van der Waals surface area contributed by atoms with Crippen LogP contribution in [0.25, 0.3) is 0 Å². The number of amides is 1. The Morgan fingerprint density at radius 2 is 0.850 bits per heavy atom. The summed E-state index contributed by atoms with van der Waals surface area (Å²) < 4.78 is 6.22. The average Bonchev–Trinajstić information content (AvgIpc) is 3.22. The maximum Gasteiger partial charge on any atom is 0.255 e. The zero-order valence-corrected chi connectivity index (χ0v) is 35.0. The molecule has 60 heavy (non-hydrogen) atoms. The molecule has 4 N–H and O–H groups in total. The molecule has 0 saturated carbocycles. The molecule has 6 aromatic rings. The molecule has 6 nitrogen and oxygen atoms in total. The Labute approximate surface area is 359 Å². The molecule has 0 unspecified atom stereocenters. The summed E-state index contributed by atoms with van der Waals surface area (Å²) in [7, 11) is 0. The molecular weight excluding hydrogens is 743 g/mol. The zero-order chi connectivity index (χ0) is 41.8. The van der Waals surface area contributed by atoms with Gasteiger partial charge in [-0.3, -0.25) is 4.79 Å². The monoisotopic (exact) mass is 808 g/mol. The summed E-state index contributed by atoms with van der Waals surface area (Å²) in [5.41, 5.74) is 17.6. The molecule has 6 aromatic carbocycles. The summed E-state index contributed by atoms with van der Waals surface area (Å²) in [4.78, 5) is 12.1. The number of hydrogen-bond donors (Lipinski definition) is 3. The number of ether oxygens (including phenoxy) is 1. The van der Waals surface area contributed by atoms with Gasteiger partial charge in [-0.05, 0) is 95.2 Å². The number of aryl methyl sites for hydroxylation is 6. The highest BCUT2D eigenvalue weighted by Crippen LogP contribution is 2.39. The number of fused-ring (bicyclic) bond motifs is 8. The van der Waals surface area contributed by atoms with Crippen LogP contribution in [0.2, 0.25) is 0 Å². The lowest BCUT2D eigenvalue weighted by atomic mass is 9.87. The Hall–Kier alpha value is -6.01. The van der Waals surface area contributed by atoms with Crippen molar-refractivity contribution >= 4 is 5.91 Å². The van der Waals surface area contributed by atoms with E-state index in [1.807, 2.05) is 114 Å². The number of benzene rings is 6. The molecule has 0 aliphatic heterocycles. The molecule has 318 valence electrons. The van der Waals surface area contributed by atoms with E-state index in [0.29, 0.717) is 52.0 Å². The predicted molar refractivity (Wildman–Crippen MR) is 248 cm³/mol. The maximum absolute atomic E-state index is 14.3. The van der Waals surface area contributed by atoms with Crippen LogP contribution in [0.3, 0.4) is 0 Å². The summed E-state index contributed by atoms with van der Waals surface area (Å²) in [6, 6.07) is 36.6. The highest BCUT2D eigenvalue weighted by atomic mass is 16.5. The van der Waals surface area contributed by atoms with Gasteiger partial charge >= 0.3 is 0 Å². The number of carbonyl (C=O) groups is 1. The summed E-state index contributed by atoms with van der Waals surface area (Å²) >= 11 is 0. The minimum atomic E-state index is -0.596. The SMILES string of the molecule is C.C.CC.CC.Cc1cc2c(O)c(c1)Cc1cc(CCc3ccccc3)cc(c1OCC(N)=O)Cc1cc(C)cc(c1O)Cc1cc(CCc3ccccc3)cc(c1[O-])C2. The first-order valence-electron chi connectivity index (χ1n) is 20.7. The smallest absolute Gasteiger partial charge is 0.255 e. The van der Waals surface area contributed by atoms with E-state index >= 15 is 0 Å². The van der Waals surface area contributed by atoms with Gasteiger partial charge in [-0.15, -0.1) is 5.75 Å². The normalized spacial score (nSPS) is 11.3. The molecule has 0 heterocycles. The largest absolute Gasteiger partial charge is 0.872 e. The first-order valence-corrected chi connectivity index (χ1v) is 20.7.